The van der Waals surface area contributed by atoms with Crippen LogP contribution >= 0.6 is 15.9 Å². The van der Waals surface area contributed by atoms with Gasteiger partial charge < -0.3 is 4.74 Å². The fourth-order valence-electron chi connectivity index (χ4n) is 3.95. The molecule has 2 aromatic rings. The highest BCUT2D eigenvalue weighted by molar-refractivity contribution is 9.10. The molecule has 0 bridgehead atoms. The number of benzene rings is 1. The SMILES string of the molecule is O=C1O[C@H](c2cccc(C(F)(F)F)c2)[C@@H]2CC[C@@H](c3nc(C(F)(F)F)ccc3Br)N12. The monoisotopic (exact) mass is 494 g/mol. The van der Waals surface area contributed by atoms with Gasteiger partial charge in [0.1, 0.15) is 11.8 Å². The summed E-state index contributed by atoms with van der Waals surface area (Å²) in [6, 6.07) is 5.16. The zero-order valence-corrected chi connectivity index (χ0v) is 16.6. The third-order valence-electron chi connectivity index (χ3n) is 5.24. The van der Waals surface area contributed by atoms with Crippen molar-refractivity contribution in [3.63, 3.8) is 0 Å². The molecule has 0 aliphatic carbocycles. The molecule has 0 spiro atoms. The van der Waals surface area contributed by atoms with E-state index in [2.05, 4.69) is 20.9 Å². The number of fused-ring (bicyclic) bond motifs is 1. The van der Waals surface area contributed by atoms with Crippen LogP contribution < -0.4 is 0 Å². The van der Waals surface area contributed by atoms with Crippen LogP contribution in [0.2, 0.25) is 0 Å². The number of amides is 1. The number of carbonyl (C=O) groups excluding carboxylic acids is 1. The Kier molecular flexibility index (Phi) is 4.99. The number of aromatic nitrogens is 1. The first-order chi connectivity index (χ1) is 14.0. The number of ether oxygens (including phenoxy) is 1. The van der Waals surface area contributed by atoms with E-state index >= 15 is 0 Å². The molecular formula is C19H13BrF6N2O2. The van der Waals surface area contributed by atoms with Gasteiger partial charge in [0.15, 0.2) is 0 Å². The Hall–Kier alpha value is -2.30. The Morgan fingerprint density at radius 1 is 1.03 bits per heavy atom. The summed E-state index contributed by atoms with van der Waals surface area (Å²) in [6.45, 7) is 0. The van der Waals surface area contributed by atoms with Gasteiger partial charge in [-0.3, -0.25) is 4.90 Å². The average molecular weight is 495 g/mol. The molecule has 3 atom stereocenters. The topological polar surface area (TPSA) is 42.4 Å². The molecule has 0 saturated carbocycles. The van der Waals surface area contributed by atoms with Crippen molar-refractivity contribution >= 4 is 22.0 Å². The smallest absolute Gasteiger partial charge is 0.433 e. The molecule has 3 heterocycles. The summed E-state index contributed by atoms with van der Waals surface area (Å²) >= 11 is 3.18. The average Bonchev–Trinajstić information content (AvgIpc) is 3.22. The molecule has 0 unspecified atom stereocenters. The Balaban J connectivity index is 1.66. The largest absolute Gasteiger partial charge is 0.439 e. The van der Waals surface area contributed by atoms with Crippen LogP contribution in [0.5, 0.6) is 0 Å². The summed E-state index contributed by atoms with van der Waals surface area (Å²) in [5.74, 6) is 0. The zero-order chi connectivity index (χ0) is 21.8. The number of hydrogen-bond acceptors (Lipinski definition) is 3. The van der Waals surface area contributed by atoms with Crippen molar-refractivity contribution in [2.24, 2.45) is 0 Å². The van der Waals surface area contributed by atoms with Crippen molar-refractivity contribution in [1.29, 1.82) is 0 Å². The van der Waals surface area contributed by atoms with Crippen molar-refractivity contribution in [2.45, 2.75) is 43.4 Å². The molecule has 30 heavy (non-hydrogen) atoms. The Morgan fingerprint density at radius 2 is 1.77 bits per heavy atom. The predicted octanol–water partition coefficient (Wildman–Crippen LogP) is 6.28. The van der Waals surface area contributed by atoms with Crippen molar-refractivity contribution in [2.75, 3.05) is 0 Å². The number of halogens is 7. The van der Waals surface area contributed by atoms with Crippen molar-refractivity contribution in [3.05, 3.63) is 63.4 Å². The Bertz CT molecular complexity index is 994. The number of cyclic esters (lactones) is 1. The summed E-state index contributed by atoms with van der Waals surface area (Å²) in [6.07, 6.45) is -10.3. The van der Waals surface area contributed by atoms with Crippen molar-refractivity contribution in [3.8, 4) is 0 Å². The molecule has 1 aromatic carbocycles. The quantitative estimate of drug-likeness (QED) is 0.461. The van der Waals surface area contributed by atoms with Crippen LogP contribution in [0, 0.1) is 0 Å². The second kappa shape index (κ2) is 7.14. The van der Waals surface area contributed by atoms with Gasteiger partial charge in [-0.1, -0.05) is 12.1 Å². The summed E-state index contributed by atoms with van der Waals surface area (Å²) in [5, 5.41) is 0. The van der Waals surface area contributed by atoms with E-state index in [0.717, 1.165) is 18.2 Å². The van der Waals surface area contributed by atoms with Crippen LogP contribution in [0.3, 0.4) is 0 Å². The molecule has 2 fully saturated rings. The first-order valence-electron chi connectivity index (χ1n) is 8.86. The van der Waals surface area contributed by atoms with E-state index < -0.39 is 47.9 Å². The molecule has 1 amide bonds. The molecule has 0 N–H and O–H groups in total. The molecular weight excluding hydrogens is 482 g/mol. The maximum Gasteiger partial charge on any atom is 0.433 e. The van der Waals surface area contributed by atoms with E-state index in [-0.39, 0.29) is 11.3 Å². The van der Waals surface area contributed by atoms with Gasteiger partial charge in [-0.15, -0.1) is 0 Å². The second-order valence-electron chi connectivity index (χ2n) is 7.06. The minimum Gasteiger partial charge on any atom is -0.439 e. The predicted molar refractivity (Wildman–Crippen MR) is 95.2 cm³/mol. The number of pyridine rings is 1. The molecule has 2 saturated heterocycles. The number of nitrogens with zero attached hydrogens (tertiary/aromatic N) is 2. The highest BCUT2D eigenvalue weighted by Crippen LogP contribution is 2.48. The van der Waals surface area contributed by atoms with Gasteiger partial charge in [0.05, 0.1) is 23.3 Å². The maximum absolute atomic E-state index is 13.1. The van der Waals surface area contributed by atoms with Gasteiger partial charge in [-0.05, 0) is 58.6 Å². The number of hydrogen-bond donors (Lipinski definition) is 0. The van der Waals surface area contributed by atoms with E-state index in [1.807, 2.05) is 0 Å². The van der Waals surface area contributed by atoms with Crippen molar-refractivity contribution in [1.82, 2.24) is 9.88 Å². The van der Waals surface area contributed by atoms with Crippen LogP contribution in [-0.2, 0) is 17.1 Å². The number of carbonyl (C=O) groups is 1. The van der Waals surface area contributed by atoms with Gasteiger partial charge in [-0.2, -0.15) is 26.3 Å². The highest BCUT2D eigenvalue weighted by Gasteiger charge is 2.51. The Morgan fingerprint density at radius 3 is 2.43 bits per heavy atom. The van der Waals surface area contributed by atoms with Gasteiger partial charge in [0.2, 0.25) is 0 Å². The molecule has 2 aliphatic heterocycles. The minimum atomic E-state index is -4.65. The van der Waals surface area contributed by atoms with Gasteiger partial charge in [0.25, 0.3) is 0 Å². The first-order valence-corrected chi connectivity index (χ1v) is 9.66. The molecule has 4 rings (SSSR count). The lowest BCUT2D eigenvalue weighted by molar-refractivity contribution is -0.141. The van der Waals surface area contributed by atoms with Crippen LogP contribution in [0.1, 0.15) is 47.5 Å². The number of rotatable bonds is 2. The lowest BCUT2D eigenvalue weighted by atomic mass is 9.99. The second-order valence-corrected chi connectivity index (χ2v) is 7.91. The standard InChI is InChI=1S/C19H13BrF6N2O2/c20-11-4-7-14(19(24,25)26)27-15(11)12-5-6-13-16(30-17(29)28(12)13)9-2-1-3-10(8-9)18(21,22)23/h1-4,7-8,12-13,16H,5-6H2/t12-,13-,16+/m0/s1. The molecule has 1 aromatic heterocycles. The summed E-state index contributed by atoms with van der Waals surface area (Å²) in [4.78, 5) is 17.5. The first kappa shape index (κ1) is 21.0. The maximum atomic E-state index is 13.1. The van der Waals surface area contributed by atoms with Gasteiger partial charge >= 0.3 is 18.4 Å². The fraction of sp³-hybridized carbons (Fsp3) is 0.368. The summed E-state index contributed by atoms with van der Waals surface area (Å²) in [7, 11) is 0. The molecule has 0 radical (unpaired) electrons. The van der Waals surface area contributed by atoms with E-state index in [9.17, 15) is 31.1 Å². The third-order valence-corrected chi connectivity index (χ3v) is 5.91. The van der Waals surface area contributed by atoms with Crippen LogP contribution in [0.25, 0.3) is 0 Å². The zero-order valence-electron chi connectivity index (χ0n) is 15.0. The number of alkyl halides is 6. The fourth-order valence-corrected chi connectivity index (χ4v) is 4.43. The van der Waals surface area contributed by atoms with Crippen LogP contribution in [0.4, 0.5) is 31.1 Å². The van der Waals surface area contributed by atoms with Gasteiger partial charge in [0, 0.05) is 4.47 Å². The minimum absolute atomic E-state index is 0.0361. The van der Waals surface area contributed by atoms with E-state index in [0.29, 0.717) is 17.3 Å². The van der Waals surface area contributed by atoms with E-state index in [4.69, 9.17) is 4.74 Å². The van der Waals surface area contributed by atoms with Crippen LogP contribution in [-0.4, -0.2) is 22.0 Å². The highest BCUT2D eigenvalue weighted by atomic mass is 79.9. The normalized spacial score (nSPS) is 24.2. The third kappa shape index (κ3) is 3.63. The van der Waals surface area contributed by atoms with E-state index in [1.54, 1.807) is 0 Å². The Labute approximate surface area is 175 Å². The molecule has 11 heteroatoms. The summed E-state index contributed by atoms with van der Waals surface area (Å²) in [5.41, 5.74) is -1.74. The molecule has 160 valence electrons. The van der Waals surface area contributed by atoms with Crippen LogP contribution in [0.15, 0.2) is 40.9 Å². The van der Waals surface area contributed by atoms with E-state index in [1.165, 1.54) is 23.1 Å². The molecule has 2 aliphatic rings. The van der Waals surface area contributed by atoms with Crippen molar-refractivity contribution < 1.29 is 35.9 Å². The van der Waals surface area contributed by atoms with Gasteiger partial charge in [-0.25, -0.2) is 9.78 Å². The molecule has 4 nitrogen and oxygen atoms in total. The summed E-state index contributed by atoms with van der Waals surface area (Å²) < 4.78 is 84.0. The lowest BCUT2D eigenvalue weighted by Crippen LogP contribution is -2.31. The lowest BCUT2D eigenvalue weighted by Gasteiger charge is -2.23.